The number of aromatic nitrogens is 4. The van der Waals surface area contributed by atoms with Gasteiger partial charge in [-0.3, -0.25) is 0 Å². The van der Waals surface area contributed by atoms with Crippen LogP contribution in [0.25, 0.3) is 16.9 Å². The van der Waals surface area contributed by atoms with Crippen molar-refractivity contribution in [1.29, 1.82) is 0 Å². The standard InChI is InChI=1S/C21H22FN5O2/c22-21-17-3-1-2-13(24-17)10-19(21)29-20-7-6-16(25-26-20)15-5-4-14(11-18(15)28)27-9-8-23-12-27/h4-9,11-13,17,19,21,24,28H,1-3,10H2/t13?,17?,19-,21+/m1/s1. The third-order valence-corrected chi connectivity index (χ3v) is 5.75. The Morgan fingerprint density at radius 3 is 2.86 bits per heavy atom. The molecule has 2 unspecified atom stereocenters. The van der Waals surface area contributed by atoms with Gasteiger partial charge in [-0.2, -0.15) is 0 Å². The second kappa shape index (κ2) is 7.44. The Labute approximate surface area is 167 Å². The predicted octanol–water partition coefficient (Wildman–Crippen LogP) is 3.03. The minimum Gasteiger partial charge on any atom is -0.507 e. The number of benzene rings is 1. The van der Waals surface area contributed by atoms with Crippen LogP contribution in [-0.2, 0) is 0 Å². The minimum absolute atomic E-state index is 0.0918. The van der Waals surface area contributed by atoms with Gasteiger partial charge in [-0.05, 0) is 31.0 Å². The van der Waals surface area contributed by atoms with E-state index in [0.717, 1.165) is 24.9 Å². The fourth-order valence-electron chi connectivity index (χ4n) is 4.26. The highest BCUT2D eigenvalue weighted by molar-refractivity contribution is 5.68. The molecule has 1 aromatic carbocycles. The molecular formula is C21H22FN5O2. The van der Waals surface area contributed by atoms with Crippen molar-refractivity contribution in [2.45, 2.75) is 50.0 Å². The third kappa shape index (κ3) is 3.55. The fourth-order valence-corrected chi connectivity index (χ4v) is 4.26. The highest BCUT2D eigenvalue weighted by atomic mass is 19.1. The molecule has 2 aliphatic heterocycles. The van der Waals surface area contributed by atoms with Crippen molar-refractivity contribution in [3.8, 4) is 28.6 Å². The maximum absolute atomic E-state index is 14.7. The van der Waals surface area contributed by atoms with E-state index in [9.17, 15) is 9.50 Å². The van der Waals surface area contributed by atoms with Crippen LogP contribution in [0.1, 0.15) is 25.7 Å². The fraction of sp³-hybridized carbons (Fsp3) is 0.381. The summed E-state index contributed by atoms with van der Waals surface area (Å²) in [5.41, 5.74) is 1.88. The Balaban J connectivity index is 1.31. The molecule has 2 fully saturated rings. The van der Waals surface area contributed by atoms with Crippen LogP contribution in [0.4, 0.5) is 4.39 Å². The lowest BCUT2D eigenvalue weighted by Gasteiger charge is -2.42. The van der Waals surface area contributed by atoms with Crippen LogP contribution in [0.3, 0.4) is 0 Å². The second-order valence-corrected chi connectivity index (χ2v) is 7.67. The summed E-state index contributed by atoms with van der Waals surface area (Å²) < 4.78 is 22.3. The number of hydrogen-bond donors (Lipinski definition) is 2. The van der Waals surface area contributed by atoms with Gasteiger partial charge in [0.15, 0.2) is 6.17 Å². The zero-order valence-electron chi connectivity index (χ0n) is 15.8. The molecule has 7 nitrogen and oxygen atoms in total. The average Bonchev–Trinajstić information content (AvgIpc) is 3.28. The van der Waals surface area contributed by atoms with Crippen LogP contribution >= 0.6 is 0 Å². The van der Waals surface area contributed by atoms with E-state index < -0.39 is 12.3 Å². The number of nitrogens with zero attached hydrogens (tertiary/aromatic N) is 4. The first-order valence-corrected chi connectivity index (χ1v) is 9.89. The Morgan fingerprint density at radius 1 is 1.17 bits per heavy atom. The van der Waals surface area contributed by atoms with E-state index in [4.69, 9.17) is 4.74 Å². The van der Waals surface area contributed by atoms with E-state index in [2.05, 4.69) is 20.5 Å². The number of imidazole rings is 1. The summed E-state index contributed by atoms with van der Waals surface area (Å²) in [7, 11) is 0. The van der Waals surface area contributed by atoms with Crippen LogP contribution in [0.2, 0.25) is 0 Å². The van der Waals surface area contributed by atoms with Crippen molar-refractivity contribution >= 4 is 0 Å². The molecule has 2 bridgehead atoms. The van der Waals surface area contributed by atoms with Gasteiger partial charge < -0.3 is 19.7 Å². The smallest absolute Gasteiger partial charge is 0.233 e. The molecule has 4 heterocycles. The van der Waals surface area contributed by atoms with Gasteiger partial charge in [0, 0.05) is 48.6 Å². The molecule has 4 atom stereocenters. The quantitative estimate of drug-likeness (QED) is 0.706. The number of rotatable bonds is 4. The zero-order valence-corrected chi connectivity index (χ0v) is 15.8. The Kier molecular flexibility index (Phi) is 4.63. The summed E-state index contributed by atoms with van der Waals surface area (Å²) in [6.45, 7) is 0. The number of phenols is 1. The second-order valence-electron chi connectivity index (χ2n) is 7.67. The number of ether oxygens (including phenoxy) is 1. The van der Waals surface area contributed by atoms with Gasteiger partial charge in [-0.25, -0.2) is 9.37 Å². The maximum Gasteiger partial charge on any atom is 0.233 e. The van der Waals surface area contributed by atoms with Crippen molar-refractivity contribution in [3.63, 3.8) is 0 Å². The minimum atomic E-state index is -1.05. The first kappa shape index (κ1) is 18.1. The molecule has 5 rings (SSSR count). The summed E-state index contributed by atoms with van der Waals surface area (Å²) in [5, 5.41) is 22.0. The molecule has 29 heavy (non-hydrogen) atoms. The first-order valence-electron chi connectivity index (χ1n) is 9.89. The molecule has 8 heteroatoms. The molecule has 0 aliphatic carbocycles. The van der Waals surface area contributed by atoms with Crippen LogP contribution in [0, 0.1) is 0 Å². The van der Waals surface area contributed by atoms with E-state index in [1.54, 1.807) is 47.6 Å². The van der Waals surface area contributed by atoms with E-state index in [0.29, 0.717) is 29.6 Å². The third-order valence-electron chi connectivity index (χ3n) is 5.75. The molecule has 0 saturated carbocycles. The molecule has 2 saturated heterocycles. The SMILES string of the molecule is Oc1cc(-n2ccnc2)ccc1-c1ccc(O[C@@H]2CC3CCCC(N3)[C@@H]2F)nn1. The molecule has 2 aliphatic rings. The number of phenolic OH excluding ortho intramolecular Hbond substituents is 1. The molecule has 3 aromatic rings. The summed E-state index contributed by atoms with van der Waals surface area (Å²) in [6, 6.07) is 8.87. The summed E-state index contributed by atoms with van der Waals surface area (Å²) >= 11 is 0. The number of piperidine rings is 2. The van der Waals surface area contributed by atoms with Crippen LogP contribution in [0.15, 0.2) is 49.1 Å². The van der Waals surface area contributed by atoms with Crippen LogP contribution in [-0.4, -0.2) is 49.2 Å². The monoisotopic (exact) mass is 395 g/mol. The number of nitrogens with one attached hydrogen (secondary N) is 1. The van der Waals surface area contributed by atoms with Gasteiger partial charge >= 0.3 is 0 Å². The van der Waals surface area contributed by atoms with Crippen molar-refractivity contribution in [2.24, 2.45) is 0 Å². The van der Waals surface area contributed by atoms with Gasteiger partial charge in [-0.15, -0.1) is 10.2 Å². The van der Waals surface area contributed by atoms with Crippen molar-refractivity contribution in [3.05, 3.63) is 49.1 Å². The number of fused-ring (bicyclic) bond motifs is 2. The van der Waals surface area contributed by atoms with Crippen molar-refractivity contribution in [2.75, 3.05) is 0 Å². The Morgan fingerprint density at radius 2 is 2.10 bits per heavy atom. The topological polar surface area (TPSA) is 85.1 Å². The molecule has 2 aromatic heterocycles. The van der Waals surface area contributed by atoms with Gasteiger partial charge in [0.05, 0.1) is 17.7 Å². The summed E-state index contributed by atoms with van der Waals surface area (Å²) in [5.74, 6) is 0.394. The highest BCUT2D eigenvalue weighted by Crippen LogP contribution is 2.32. The molecular weight excluding hydrogens is 373 g/mol. The lowest BCUT2D eigenvalue weighted by molar-refractivity contribution is 0.00652. The lowest BCUT2D eigenvalue weighted by atomic mass is 9.84. The van der Waals surface area contributed by atoms with E-state index in [1.807, 2.05) is 6.07 Å². The van der Waals surface area contributed by atoms with Gasteiger partial charge in [0.2, 0.25) is 5.88 Å². The van der Waals surface area contributed by atoms with E-state index in [1.165, 1.54) is 0 Å². The van der Waals surface area contributed by atoms with E-state index in [-0.39, 0.29) is 11.8 Å². The largest absolute Gasteiger partial charge is 0.507 e. The van der Waals surface area contributed by atoms with Crippen LogP contribution < -0.4 is 10.1 Å². The molecule has 2 N–H and O–H groups in total. The first-order chi connectivity index (χ1) is 14.2. The number of hydrogen-bond acceptors (Lipinski definition) is 6. The Hall–Kier alpha value is -3.00. The molecule has 0 spiro atoms. The van der Waals surface area contributed by atoms with Crippen molar-refractivity contribution in [1.82, 2.24) is 25.1 Å². The summed E-state index contributed by atoms with van der Waals surface area (Å²) in [4.78, 5) is 4.00. The molecule has 0 radical (unpaired) electrons. The predicted molar refractivity (Wildman–Crippen MR) is 105 cm³/mol. The summed E-state index contributed by atoms with van der Waals surface area (Å²) in [6.07, 6.45) is 7.18. The van der Waals surface area contributed by atoms with Crippen molar-refractivity contribution < 1.29 is 14.2 Å². The Bertz CT molecular complexity index is 979. The van der Waals surface area contributed by atoms with Gasteiger partial charge in [0.25, 0.3) is 0 Å². The highest BCUT2D eigenvalue weighted by Gasteiger charge is 2.41. The lowest BCUT2D eigenvalue weighted by Crippen LogP contribution is -2.59. The zero-order chi connectivity index (χ0) is 19.8. The molecule has 0 amide bonds. The van der Waals surface area contributed by atoms with E-state index >= 15 is 0 Å². The number of alkyl halides is 1. The molecule has 150 valence electrons. The van der Waals surface area contributed by atoms with Crippen LogP contribution in [0.5, 0.6) is 11.6 Å². The normalized spacial score (nSPS) is 26.2. The van der Waals surface area contributed by atoms with Gasteiger partial charge in [-0.1, -0.05) is 6.42 Å². The average molecular weight is 395 g/mol. The van der Waals surface area contributed by atoms with Gasteiger partial charge in [0.1, 0.15) is 11.9 Å². The number of halogens is 1. The number of aromatic hydroxyl groups is 1. The maximum atomic E-state index is 14.7.